The van der Waals surface area contributed by atoms with Gasteiger partial charge in [0, 0.05) is 38.2 Å². The highest BCUT2D eigenvalue weighted by molar-refractivity contribution is 7.99. The maximum Gasteiger partial charge on any atom is 0.220 e. The molecule has 0 aliphatic heterocycles. The van der Waals surface area contributed by atoms with E-state index in [-0.39, 0.29) is 5.91 Å². The molecular formula is C13H19N3OS. The molecule has 1 aromatic heterocycles. The average molecular weight is 265 g/mol. The van der Waals surface area contributed by atoms with Crippen molar-refractivity contribution in [1.82, 2.24) is 14.9 Å². The Hall–Kier alpha value is -1.23. The Kier molecular flexibility index (Phi) is 4.87. The summed E-state index contributed by atoms with van der Waals surface area (Å²) in [4.78, 5) is 15.9. The van der Waals surface area contributed by atoms with Crippen molar-refractivity contribution in [3.63, 3.8) is 0 Å². The number of rotatable bonds is 6. The first-order valence-corrected chi connectivity index (χ1v) is 7.28. The van der Waals surface area contributed by atoms with E-state index in [0.29, 0.717) is 18.9 Å². The fourth-order valence-corrected chi connectivity index (χ4v) is 2.79. The number of carbonyl (C=O) groups excluding carboxylic acids is 1. The summed E-state index contributed by atoms with van der Waals surface area (Å²) in [7, 11) is 1.97. The molecule has 1 N–H and O–H groups in total. The summed E-state index contributed by atoms with van der Waals surface area (Å²) in [6.45, 7) is 0.701. The second-order valence-electron chi connectivity index (χ2n) is 4.49. The van der Waals surface area contributed by atoms with Crippen molar-refractivity contribution < 1.29 is 4.79 Å². The highest BCUT2D eigenvalue weighted by Crippen LogP contribution is 2.20. The predicted octanol–water partition coefficient (Wildman–Crippen LogP) is 1.98. The first kappa shape index (κ1) is 13.2. The standard InChI is InChI=1S/C13H19N3OS/c1-16-8-6-15-13(16)18-9-7-14-12(17)10-11-4-2-3-5-11/h2,4,6,8,11H,3,5,7,9-10H2,1H3,(H,14,17)/t11-/m1/s1. The molecule has 4 nitrogen and oxygen atoms in total. The predicted molar refractivity (Wildman–Crippen MR) is 73.4 cm³/mol. The molecule has 98 valence electrons. The van der Waals surface area contributed by atoms with Gasteiger partial charge in [-0.15, -0.1) is 0 Å². The van der Waals surface area contributed by atoms with Gasteiger partial charge in [-0.3, -0.25) is 4.79 Å². The fraction of sp³-hybridized carbons (Fsp3) is 0.538. The minimum atomic E-state index is 0.159. The van der Waals surface area contributed by atoms with Crippen molar-refractivity contribution in [2.45, 2.75) is 24.4 Å². The van der Waals surface area contributed by atoms with Crippen LogP contribution in [0.15, 0.2) is 29.7 Å². The molecule has 1 aromatic rings. The molecule has 0 unspecified atom stereocenters. The third kappa shape index (κ3) is 3.91. The zero-order valence-corrected chi connectivity index (χ0v) is 11.4. The maximum absolute atomic E-state index is 11.7. The SMILES string of the molecule is Cn1ccnc1SCCNC(=O)C[C@@H]1C=CCC1. The first-order valence-electron chi connectivity index (χ1n) is 6.29. The Balaban J connectivity index is 1.59. The number of carbonyl (C=O) groups is 1. The van der Waals surface area contributed by atoms with Crippen LogP contribution in [0.3, 0.4) is 0 Å². The smallest absolute Gasteiger partial charge is 0.220 e. The van der Waals surface area contributed by atoms with E-state index in [1.54, 1.807) is 18.0 Å². The number of imidazole rings is 1. The molecule has 0 spiro atoms. The molecule has 0 saturated carbocycles. The molecule has 0 bridgehead atoms. The zero-order chi connectivity index (χ0) is 12.8. The van der Waals surface area contributed by atoms with Crippen LogP contribution in [0.1, 0.15) is 19.3 Å². The summed E-state index contributed by atoms with van der Waals surface area (Å²) in [5.41, 5.74) is 0. The Morgan fingerprint density at radius 1 is 1.67 bits per heavy atom. The van der Waals surface area contributed by atoms with Gasteiger partial charge in [-0.2, -0.15) is 0 Å². The van der Waals surface area contributed by atoms with E-state index in [2.05, 4.69) is 22.5 Å². The maximum atomic E-state index is 11.7. The van der Waals surface area contributed by atoms with Crippen LogP contribution in [0.2, 0.25) is 0 Å². The van der Waals surface area contributed by atoms with Crippen molar-refractivity contribution in [1.29, 1.82) is 0 Å². The van der Waals surface area contributed by atoms with Crippen LogP contribution < -0.4 is 5.32 Å². The summed E-state index contributed by atoms with van der Waals surface area (Å²) in [6, 6.07) is 0. The van der Waals surface area contributed by atoms with Gasteiger partial charge in [0.25, 0.3) is 0 Å². The van der Waals surface area contributed by atoms with Gasteiger partial charge in [0.05, 0.1) is 0 Å². The highest BCUT2D eigenvalue weighted by Gasteiger charge is 2.13. The first-order chi connectivity index (χ1) is 8.75. The number of hydrogen-bond acceptors (Lipinski definition) is 3. The summed E-state index contributed by atoms with van der Waals surface area (Å²) in [5, 5.41) is 3.95. The van der Waals surface area contributed by atoms with Gasteiger partial charge in [-0.05, 0) is 18.8 Å². The Labute approximate surface area is 112 Å². The van der Waals surface area contributed by atoms with Gasteiger partial charge in [-0.1, -0.05) is 23.9 Å². The van der Waals surface area contributed by atoms with Gasteiger partial charge in [0.2, 0.25) is 5.91 Å². The lowest BCUT2D eigenvalue weighted by Gasteiger charge is -2.08. The lowest BCUT2D eigenvalue weighted by Crippen LogP contribution is -2.27. The van der Waals surface area contributed by atoms with Gasteiger partial charge >= 0.3 is 0 Å². The summed E-state index contributed by atoms with van der Waals surface area (Å²) in [5.74, 6) is 1.47. The Bertz CT molecular complexity index is 428. The van der Waals surface area contributed by atoms with E-state index in [4.69, 9.17) is 0 Å². The van der Waals surface area contributed by atoms with Crippen molar-refractivity contribution in [2.75, 3.05) is 12.3 Å². The second kappa shape index (κ2) is 6.64. The van der Waals surface area contributed by atoms with E-state index < -0.39 is 0 Å². The van der Waals surface area contributed by atoms with Crippen molar-refractivity contribution in [3.8, 4) is 0 Å². The average Bonchev–Trinajstić information content (AvgIpc) is 2.97. The number of allylic oxidation sites excluding steroid dienone is 2. The number of nitrogens with zero attached hydrogens (tertiary/aromatic N) is 2. The van der Waals surface area contributed by atoms with Crippen molar-refractivity contribution in [3.05, 3.63) is 24.5 Å². The van der Waals surface area contributed by atoms with E-state index >= 15 is 0 Å². The number of hydrogen-bond donors (Lipinski definition) is 1. The Morgan fingerprint density at radius 3 is 3.22 bits per heavy atom. The Morgan fingerprint density at radius 2 is 2.56 bits per heavy atom. The number of nitrogens with one attached hydrogen (secondary N) is 1. The molecule has 0 saturated heterocycles. The number of thioether (sulfide) groups is 1. The van der Waals surface area contributed by atoms with Gasteiger partial charge in [0.1, 0.15) is 0 Å². The van der Waals surface area contributed by atoms with Gasteiger partial charge < -0.3 is 9.88 Å². The molecule has 1 amide bonds. The molecule has 1 aliphatic carbocycles. The number of aryl methyl sites for hydroxylation is 1. The zero-order valence-electron chi connectivity index (χ0n) is 10.6. The summed E-state index contributed by atoms with van der Waals surface area (Å²) < 4.78 is 1.98. The van der Waals surface area contributed by atoms with Crippen LogP contribution >= 0.6 is 11.8 Å². The van der Waals surface area contributed by atoms with Crippen LogP contribution in [-0.2, 0) is 11.8 Å². The molecule has 1 heterocycles. The topological polar surface area (TPSA) is 46.9 Å². The molecule has 1 aliphatic rings. The van der Waals surface area contributed by atoms with Crippen LogP contribution in [0.25, 0.3) is 0 Å². The largest absolute Gasteiger partial charge is 0.355 e. The number of amides is 1. The monoisotopic (exact) mass is 265 g/mol. The van der Waals surface area contributed by atoms with Crippen LogP contribution in [0.5, 0.6) is 0 Å². The lowest BCUT2D eigenvalue weighted by molar-refractivity contribution is -0.121. The van der Waals surface area contributed by atoms with Crippen molar-refractivity contribution >= 4 is 17.7 Å². The lowest BCUT2D eigenvalue weighted by atomic mass is 10.1. The molecule has 0 aromatic carbocycles. The molecule has 0 fully saturated rings. The fourth-order valence-electron chi connectivity index (χ4n) is 2.00. The summed E-state index contributed by atoms with van der Waals surface area (Å²) >= 11 is 1.66. The molecule has 1 atom stereocenters. The third-order valence-corrected chi connectivity index (χ3v) is 4.05. The molecule has 5 heteroatoms. The van der Waals surface area contributed by atoms with Crippen molar-refractivity contribution in [2.24, 2.45) is 13.0 Å². The molecular weight excluding hydrogens is 246 g/mol. The third-order valence-electron chi connectivity index (χ3n) is 2.99. The normalized spacial score (nSPS) is 18.2. The highest BCUT2D eigenvalue weighted by atomic mass is 32.2. The quantitative estimate of drug-likeness (QED) is 0.486. The number of aromatic nitrogens is 2. The van der Waals surface area contributed by atoms with E-state index in [0.717, 1.165) is 23.8 Å². The summed E-state index contributed by atoms with van der Waals surface area (Å²) in [6.07, 6.45) is 10.9. The van der Waals surface area contributed by atoms with E-state index in [1.807, 2.05) is 17.8 Å². The molecule has 2 rings (SSSR count). The second-order valence-corrected chi connectivity index (χ2v) is 5.55. The van der Waals surface area contributed by atoms with Crippen LogP contribution in [0.4, 0.5) is 0 Å². The van der Waals surface area contributed by atoms with Gasteiger partial charge in [-0.25, -0.2) is 4.98 Å². The molecule has 0 radical (unpaired) electrons. The molecule has 18 heavy (non-hydrogen) atoms. The van der Waals surface area contributed by atoms with Crippen LogP contribution in [0, 0.1) is 5.92 Å². The van der Waals surface area contributed by atoms with Gasteiger partial charge in [0.15, 0.2) is 5.16 Å². The van der Waals surface area contributed by atoms with E-state index in [9.17, 15) is 4.79 Å². The van der Waals surface area contributed by atoms with Crippen LogP contribution in [-0.4, -0.2) is 27.8 Å². The minimum absolute atomic E-state index is 0.159. The van der Waals surface area contributed by atoms with E-state index in [1.165, 1.54) is 0 Å². The minimum Gasteiger partial charge on any atom is -0.355 e.